The van der Waals surface area contributed by atoms with Gasteiger partial charge in [0.25, 0.3) is 0 Å². The van der Waals surface area contributed by atoms with Crippen molar-refractivity contribution in [2.24, 2.45) is 0 Å². The van der Waals surface area contributed by atoms with Crippen LogP contribution in [-0.2, 0) is 11.2 Å². The molecular formula is C14H19NO2S. The van der Waals surface area contributed by atoms with Crippen molar-refractivity contribution in [3.8, 4) is 5.75 Å². The first-order chi connectivity index (χ1) is 8.76. The minimum atomic E-state index is 0.200. The standard InChI is InChI=1S/C14H19NO2S/c1-3-5-11-6-7-12(17-4-2)8-13(11)15-10-18-9-14(15)16/h6-8H,3-5,9-10H2,1-2H3. The molecule has 18 heavy (non-hydrogen) atoms. The van der Waals surface area contributed by atoms with Crippen molar-refractivity contribution in [2.75, 3.05) is 23.1 Å². The number of rotatable bonds is 5. The summed E-state index contributed by atoms with van der Waals surface area (Å²) in [6.07, 6.45) is 2.08. The van der Waals surface area contributed by atoms with Gasteiger partial charge in [0.1, 0.15) is 5.75 Å². The highest BCUT2D eigenvalue weighted by atomic mass is 32.2. The van der Waals surface area contributed by atoms with Crippen LogP contribution in [0.3, 0.4) is 0 Å². The Morgan fingerprint density at radius 3 is 2.83 bits per heavy atom. The van der Waals surface area contributed by atoms with Crippen LogP contribution < -0.4 is 9.64 Å². The van der Waals surface area contributed by atoms with Crippen molar-refractivity contribution in [3.05, 3.63) is 23.8 Å². The lowest BCUT2D eigenvalue weighted by molar-refractivity contribution is -0.115. The molecule has 0 aromatic heterocycles. The number of amides is 1. The second-order valence-electron chi connectivity index (χ2n) is 4.27. The molecule has 1 aromatic carbocycles. The molecule has 0 spiro atoms. The fourth-order valence-corrected chi connectivity index (χ4v) is 3.00. The third-order valence-electron chi connectivity index (χ3n) is 2.92. The summed E-state index contributed by atoms with van der Waals surface area (Å²) in [5.74, 6) is 2.39. The number of thioether (sulfide) groups is 1. The second kappa shape index (κ2) is 6.14. The average molecular weight is 265 g/mol. The van der Waals surface area contributed by atoms with Crippen LogP contribution in [0.15, 0.2) is 18.2 Å². The van der Waals surface area contributed by atoms with Crippen LogP contribution in [0.1, 0.15) is 25.8 Å². The predicted octanol–water partition coefficient (Wildman–Crippen LogP) is 3.08. The maximum atomic E-state index is 11.9. The van der Waals surface area contributed by atoms with Crippen molar-refractivity contribution in [2.45, 2.75) is 26.7 Å². The molecule has 3 nitrogen and oxygen atoms in total. The monoisotopic (exact) mass is 265 g/mol. The molecule has 0 bridgehead atoms. The zero-order valence-corrected chi connectivity index (χ0v) is 11.8. The Bertz CT molecular complexity index is 434. The quantitative estimate of drug-likeness (QED) is 0.819. The lowest BCUT2D eigenvalue weighted by atomic mass is 10.1. The van der Waals surface area contributed by atoms with Gasteiger partial charge >= 0.3 is 0 Å². The molecule has 1 aromatic rings. The number of aryl methyl sites for hydroxylation is 1. The number of benzene rings is 1. The van der Waals surface area contributed by atoms with Gasteiger partial charge in [-0.1, -0.05) is 19.4 Å². The summed E-state index contributed by atoms with van der Waals surface area (Å²) in [6.45, 7) is 4.77. The Kier molecular flexibility index (Phi) is 4.53. The maximum Gasteiger partial charge on any atom is 0.237 e. The Labute approximate surface area is 113 Å². The van der Waals surface area contributed by atoms with E-state index < -0.39 is 0 Å². The molecule has 0 aliphatic carbocycles. The lowest BCUT2D eigenvalue weighted by Crippen LogP contribution is -2.26. The van der Waals surface area contributed by atoms with E-state index in [1.807, 2.05) is 24.0 Å². The van der Waals surface area contributed by atoms with Gasteiger partial charge in [0, 0.05) is 6.07 Å². The van der Waals surface area contributed by atoms with Crippen LogP contribution in [-0.4, -0.2) is 24.1 Å². The van der Waals surface area contributed by atoms with Gasteiger partial charge in [-0.2, -0.15) is 0 Å². The average Bonchev–Trinajstić information content (AvgIpc) is 2.78. The molecule has 0 N–H and O–H groups in total. The third kappa shape index (κ3) is 2.80. The second-order valence-corrected chi connectivity index (χ2v) is 5.23. The Hall–Kier alpha value is -1.16. The largest absolute Gasteiger partial charge is 0.494 e. The van der Waals surface area contributed by atoms with Crippen LogP contribution in [0.4, 0.5) is 5.69 Å². The molecule has 0 unspecified atom stereocenters. The highest BCUT2D eigenvalue weighted by Crippen LogP contribution is 2.31. The summed E-state index contributed by atoms with van der Waals surface area (Å²) in [5.41, 5.74) is 2.26. The van der Waals surface area contributed by atoms with Crippen LogP contribution >= 0.6 is 11.8 Å². The minimum Gasteiger partial charge on any atom is -0.494 e. The van der Waals surface area contributed by atoms with Gasteiger partial charge in [-0.05, 0) is 25.0 Å². The molecule has 0 radical (unpaired) electrons. The van der Waals surface area contributed by atoms with E-state index in [9.17, 15) is 4.79 Å². The molecule has 98 valence electrons. The van der Waals surface area contributed by atoms with E-state index >= 15 is 0 Å². The zero-order valence-electron chi connectivity index (χ0n) is 10.9. The van der Waals surface area contributed by atoms with E-state index in [0.29, 0.717) is 12.4 Å². The molecule has 0 atom stereocenters. The van der Waals surface area contributed by atoms with E-state index in [0.717, 1.165) is 30.2 Å². The van der Waals surface area contributed by atoms with Gasteiger partial charge < -0.3 is 9.64 Å². The number of ether oxygens (including phenoxy) is 1. The molecular weight excluding hydrogens is 246 g/mol. The van der Waals surface area contributed by atoms with Crippen molar-refractivity contribution >= 4 is 23.4 Å². The van der Waals surface area contributed by atoms with Gasteiger partial charge in [0.05, 0.1) is 23.9 Å². The highest BCUT2D eigenvalue weighted by Gasteiger charge is 2.24. The summed E-state index contributed by atoms with van der Waals surface area (Å²) in [4.78, 5) is 13.7. The van der Waals surface area contributed by atoms with Crippen molar-refractivity contribution in [1.82, 2.24) is 0 Å². The van der Waals surface area contributed by atoms with E-state index in [2.05, 4.69) is 13.0 Å². The predicted molar refractivity (Wildman–Crippen MR) is 76.4 cm³/mol. The van der Waals surface area contributed by atoms with Crippen LogP contribution in [0.25, 0.3) is 0 Å². The third-order valence-corrected chi connectivity index (χ3v) is 3.82. The van der Waals surface area contributed by atoms with Crippen molar-refractivity contribution in [3.63, 3.8) is 0 Å². The number of hydrogen-bond donors (Lipinski definition) is 0. The topological polar surface area (TPSA) is 29.5 Å². The van der Waals surface area contributed by atoms with Crippen LogP contribution in [0.5, 0.6) is 5.75 Å². The lowest BCUT2D eigenvalue weighted by Gasteiger charge is -2.20. The zero-order chi connectivity index (χ0) is 13.0. The van der Waals surface area contributed by atoms with Gasteiger partial charge in [-0.15, -0.1) is 11.8 Å². The highest BCUT2D eigenvalue weighted by molar-refractivity contribution is 8.00. The van der Waals surface area contributed by atoms with E-state index in [1.54, 1.807) is 11.8 Å². The molecule has 1 fully saturated rings. The Morgan fingerprint density at radius 1 is 1.39 bits per heavy atom. The first-order valence-corrected chi connectivity index (χ1v) is 7.55. The summed E-state index contributed by atoms with van der Waals surface area (Å²) >= 11 is 1.67. The number of carbonyl (C=O) groups excluding carboxylic acids is 1. The van der Waals surface area contributed by atoms with Crippen LogP contribution in [0, 0.1) is 0 Å². The summed E-state index contributed by atoms with van der Waals surface area (Å²) in [5, 5.41) is 0. The minimum absolute atomic E-state index is 0.200. The molecule has 1 saturated heterocycles. The smallest absolute Gasteiger partial charge is 0.237 e. The molecule has 1 amide bonds. The van der Waals surface area contributed by atoms with E-state index in [-0.39, 0.29) is 5.91 Å². The molecule has 0 saturated carbocycles. The van der Waals surface area contributed by atoms with Gasteiger partial charge in [0.15, 0.2) is 0 Å². The molecule has 1 heterocycles. The molecule has 4 heteroatoms. The summed E-state index contributed by atoms with van der Waals surface area (Å²) < 4.78 is 5.53. The molecule has 1 aliphatic heterocycles. The number of anilines is 1. The first-order valence-electron chi connectivity index (χ1n) is 6.40. The van der Waals surface area contributed by atoms with Crippen LogP contribution in [0.2, 0.25) is 0 Å². The normalized spacial score (nSPS) is 15.2. The maximum absolute atomic E-state index is 11.9. The van der Waals surface area contributed by atoms with Gasteiger partial charge in [-0.3, -0.25) is 4.79 Å². The summed E-state index contributed by atoms with van der Waals surface area (Å²) in [7, 11) is 0. The first kappa shape index (κ1) is 13.3. The summed E-state index contributed by atoms with van der Waals surface area (Å²) in [6, 6.07) is 6.07. The number of hydrogen-bond acceptors (Lipinski definition) is 3. The fraction of sp³-hybridized carbons (Fsp3) is 0.500. The van der Waals surface area contributed by atoms with Crippen molar-refractivity contribution in [1.29, 1.82) is 0 Å². The molecule has 2 rings (SSSR count). The van der Waals surface area contributed by atoms with Gasteiger partial charge in [0.2, 0.25) is 5.91 Å². The SMILES string of the molecule is CCCc1ccc(OCC)cc1N1CSCC1=O. The van der Waals surface area contributed by atoms with E-state index in [1.165, 1.54) is 5.56 Å². The Morgan fingerprint density at radius 2 is 2.22 bits per heavy atom. The Balaban J connectivity index is 2.33. The number of nitrogens with zero attached hydrogens (tertiary/aromatic N) is 1. The number of carbonyl (C=O) groups is 1. The van der Waals surface area contributed by atoms with Crippen molar-refractivity contribution < 1.29 is 9.53 Å². The van der Waals surface area contributed by atoms with Gasteiger partial charge in [-0.25, -0.2) is 0 Å². The molecule has 1 aliphatic rings. The van der Waals surface area contributed by atoms with E-state index in [4.69, 9.17) is 4.74 Å². The fourth-order valence-electron chi connectivity index (χ4n) is 2.11.